The molecule has 2 heterocycles. The Bertz CT molecular complexity index is 534. The van der Waals surface area contributed by atoms with Gasteiger partial charge in [0.15, 0.2) is 6.29 Å². The first kappa shape index (κ1) is 21.1. The largest absolute Gasteiger partial charge is 0.394 e. The summed E-state index contributed by atoms with van der Waals surface area (Å²) in [5.74, 6) is 0.120. The van der Waals surface area contributed by atoms with Crippen molar-refractivity contribution in [3.63, 3.8) is 0 Å². The lowest BCUT2D eigenvalue weighted by molar-refractivity contribution is -0.306. The van der Waals surface area contributed by atoms with Gasteiger partial charge in [-0.2, -0.15) is 0 Å². The maximum atomic E-state index is 10.1. The Labute approximate surface area is 159 Å². The smallest absolute Gasteiger partial charge is 0.187 e. The monoisotopic (exact) mass is 388 g/mol. The van der Waals surface area contributed by atoms with Crippen molar-refractivity contribution in [1.82, 2.24) is 0 Å². The summed E-state index contributed by atoms with van der Waals surface area (Å²) in [6, 6.07) is 0. The van der Waals surface area contributed by atoms with Crippen LogP contribution in [0.15, 0.2) is 12.2 Å². The molecular weight excluding hydrogens is 356 g/mol. The van der Waals surface area contributed by atoms with Crippen molar-refractivity contribution < 1.29 is 39.7 Å². The number of hydrogen-bond donors (Lipinski definition) is 5. The lowest BCUT2D eigenvalue weighted by Gasteiger charge is -2.43. The average molecular weight is 388 g/mol. The SMILES string of the molecule is C[C@H](/C=C/[C@@H]1[C@@]2(C)CO[C@]1(C)C[C@@H](O)C2)O[C@@H]1O[C@H](CO)[C@@H](O)[C@H](O)[C@H]1O. The van der Waals surface area contributed by atoms with Crippen LogP contribution in [0.2, 0.25) is 0 Å². The van der Waals surface area contributed by atoms with Gasteiger partial charge in [0.05, 0.1) is 31.0 Å². The zero-order valence-electron chi connectivity index (χ0n) is 16.1. The summed E-state index contributed by atoms with van der Waals surface area (Å²) in [5, 5.41) is 49.1. The van der Waals surface area contributed by atoms with Gasteiger partial charge >= 0.3 is 0 Å². The summed E-state index contributed by atoms with van der Waals surface area (Å²) in [4.78, 5) is 0. The van der Waals surface area contributed by atoms with Crippen molar-refractivity contribution in [2.24, 2.45) is 11.3 Å². The number of aliphatic hydroxyl groups is 5. The Balaban J connectivity index is 1.64. The minimum atomic E-state index is -1.46. The van der Waals surface area contributed by atoms with Crippen LogP contribution in [0.1, 0.15) is 33.6 Å². The van der Waals surface area contributed by atoms with Crippen LogP contribution < -0.4 is 0 Å². The van der Waals surface area contributed by atoms with Crippen molar-refractivity contribution in [2.45, 2.75) is 82.1 Å². The van der Waals surface area contributed by atoms with E-state index in [9.17, 15) is 25.5 Å². The molecule has 0 aromatic heterocycles. The number of hydrogen-bond acceptors (Lipinski definition) is 8. The molecule has 27 heavy (non-hydrogen) atoms. The molecule has 0 radical (unpaired) electrons. The third-order valence-electron chi connectivity index (χ3n) is 6.26. The van der Waals surface area contributed by atoms with E-state index in [0.717, 1.165) is 0 Å². The van der Waals surface area contributed by atoms with Gasteiger partial charge in [-0.3, -0.25) is 0 Å². The van der Waals surface area contributed by atoms with E-state index >= 15 is 0 Å². The summed E-state index contributed by atoms with van der Waals surface area (Å²) in [5.41, 5.74) is -0.572. The van der Waals surface area contributed by atoms with E-state index in [1.165, 1.54) is 0 Å². The predicted molar refractivity (Wildman–Crippen MR) is 94.6 cm³/mol. The Kier molecular flexibility index (Phi) is 6.01. The fourth-order valence-corrected chi connectivity index (χ4v) is 4.84. The van der Waals surface area contributed by atoms with E-state index < -0.39 is 49.0 Å². The van der Waals surface area contributed by atoms with Crippen LogP contribution in [-0.4, -0.2) is 87.3 Å². The molecule has 5 N–H and O–H groups in total. The van der Waals surface area contributed by atoms with Crippen LogP contribution in [-0.2, 0) is 14.2 Å². The first-order valence-corrected chi connectivity index (χ1v) is 9.56. The van der Waals surface area contributed by atoms with Gasteiger partial charge in [-0.1, -0.05) is 19.1 Å². The average Bonchev–Trinajstić information content (AvgIpc) is 2.75. The lowest BCUT2D eigenvalue weighted by Crippen LogP contribution is -2.59. The van der Waals surface area contributed by atoms with E-state index in [1.54, 1.807) is 6.92 Å². The lowest BCUT2D eigenvalue weighted by atomic mass is 9.62. The van der Waals surface area contributed by atoms with Crippen LogP contribution in [0, 0.1) is 11.3 Å². The summed E-state index contributed by atoms with van der Waals surface area (Å²) in [7, 11) is 0. The molecule has 0 aromatic carbocycles. The second kappa shape index (κ2) is 7.68. The highest BCUT2D eigenvalue weighted by Gasteiger charge is 2.57. The summed E-state index contributed by atoms with van der Waals surface area (Å²) in [6.45, 7) is 6.01. The van der Waals surface area contributed by atoms with E-state index in [4.69, 9.17) is 14.2 Å². The summed E-state index contributed by atoms with van der Waals surface area (Å²) >= 11 is 0. The zero-order chi connectivity index (χ0) is 20.0. The number of aliphatic hydroxyl groups excluding tert-OH is 5. The number of ether oxygens (including phenoxy) is 3. The first-order valence-electron chi connectivity index (χ1n) is 9.56. The summed E-state index contributed by atoms with van der Waals surface area (Å²) < 4.78 is 17.1. The number of fused-ring (bicyclic) bond motifs is 2. The van der Waals surface area contributed by atoms with Crippen molar-refractivity contribution in [2.75, 3.05) is 13.2 Å². The molecule has 8 heteroatoms. The Morgan fingerprint density at radius 1 is 1.11 bits per heavy atom. The molecule has 2 bridgehead atoms. The third kappa shape index (κ3) is 3.95. The standard InChI is InChI=1S/C19H32O8/c1-10(26-17-16(24)15(23)14(22)12(8-20)27-17)4-5-13-18(2)6-11(21)7-19(13,3)25-9-18/h4-5,10-17,20-24H,6-9H2,1-3H3/b5-4+/t10-,11+,12-,13-,14-,15+,16-,17-,18-,19-/m1/s1. The molecule has 2 saturated heterocycles. The first-order chi connectivity index (χ1) is 12.6. The molecule has 3 aliphatic rings. The molecule has 10 atom stereocenters. The second-order valence-corrected chi connectivity index (χ2v) is 8.72. The molecule has 0 unspecified atom stereocenters. The minimum absolute atomic E-state index is 0.120. The van der Waals surface area contributed by atoms with Crippen LogP contribution in [0.5, 0.6) is 0 Å². The molecular formula is C19H32O8. The van der Waals surface area contributed by atoms with Crippen LogP contribution in [0.3, 0.4) is 0 Å². The van der Waals surface area contributed by atoms with Gasteiger partial charge in [0.1, 0.15) is 24.4 Å². The van der Waals surface area contributed by atoms with Gasteiger partial charge in [0, 0.05) is 17.8 Å². The molecule has 8 nitrogen and oxygen atoms in total. The predicted octanol–water partition coefficient (Wildman–Crippen LogP) is -0.686. The zero-order valence-corrected chi connectivity index (χ0v) is 16.1. The highest BCUT2D eigenvalue weighted by molar-refractivity contribution is 5.14. The highest BCUT2D eigenvalue weighted by Crippen LogP contribution is 2.54. The number of rotatable bonds is 5. The topological polar surface area (TPSA) is 129 Å². The van der Waals surface area contributed by atoms with Crippen LogP contribution >= 0.6 is 0 Å². The normalized spacial score (nSPS) is 51.6. The minimum Gasteiger partial charge on any atom is -0.394 e. The van der Waals surface area contributed by atoms with E-state index in [1.807, 2.05) is 19.1 Å². The van der Waals surface area contributed by atoms with Crippen LogP contribution in [0.25, 0.3) is 0 Å². The second-order valence-electron chi connectivity index (χ2n) is 8.72. The van der Waals surface area contributed by atoms with Crippen molar-refractivity contribution in [1.29, 1.82) is 0 Å². The molecule has 3 fully saturated rings. The van der Waals surface area contributed by atoms with E-state index in [2.05, 4.69) is 6.92 Å². The molecule has 1 saturated carbocycles. The molecule has 0 spiro atoms. The fourth-order valence-electron chi connectivity index (χ4n) is 4.84. The van der Waals surface area contributed by atoms with Gasteiger partial charge in [-0.05, 0) is 20.3 Å². The maximum Gasteiger partial charge on any atom is 0.187 e. The Hall–Kier alpha value is -0.580. The summed E-state index contributed by atoms with van der Waals surface area (Å²) in [6.07, 6.45) is -2.09. The van der Waals surface area contributed by atoms with Gasteiger partial charge in [-0.25, -0.2) is 0 Å². The van der Waals surface area contributed by atoms with Gasteiger partial charge in [-0.15, -0.1) is 0 Å². The van der Waals surface area contributed by atoms with Crippen molar-refractivity contribution >= 4 is 0 Å². The Morgan fingerprint density at radius 2 is 1.81 bits per heavy atom. The van der Waals surface area contributed by atoms with Gasteiger partial charge in [0.2, 0.25) is 0 Å². The van der Waals surface area contributed by atoms with Crippen LogP contribution in [0.4, 0.5) is 0 Å². The Morgan fingerprint density at radius 3 is 2.44 bits per heavy atom. The molecule has 0 amide bonds. The molecule has 156 valence electrons. The fraction of sp³-hybridized carbons (Fsp3) is 0.895. The molecule has 1 aliphatic carbocycles. The molecule has 3 rings (SSSR count). The van der Waals surface area contributed by atoms with Crippen molar-refractivity contribution in [3.8, 4) is 0 Å². The van der Waals surface area contributed by atoms with E-state index in [0.29, 0.717) is 19.4 Å². The van der Waals surface area contributed by atoms with Gasteiger partial charge < -0.3 is 39.7 Å². The third-order valence-corrected chi connectivity index (χ3v) is 6.26. The van der Waals surface area contributed by atoms with E-state index in [-0.39, 0.29) is 17.4 Å². The molecule has 2 aliphatic heterocycles. The molecule has 0 aromatic rings. The van der Waals surface area contributed by atoms with Crippen molar-refractivity contribution in [3.05, 3.63) is 12.2 Å². The highest BCUT2D eigenvalue weighted by atomic mass is 16.7. The quantitative estimate of drug-likeness (QED) is 0.392. The maximum absolute atomic E-state index is 10.1. The van der Waals surface area contributed by atoms with Gasteiger partial charge in [0.25, 0.3) is 0 Å².